The first-order chi connectivity index (χ1) is 38.5. The average molecular weight is 1070 g/mol. The molecule has 0 aliphatic heterocycles. The first kappa shape index (κ1) is 47.2. The molecule has 0 saturated heterocycles. The highest BCUT2D eigenvalue weighted by atomic mass is 79.9. The minimum Gasteiger partial charge on any atom is -0.455 e. The van der Waals surface area contributed by atoms with Crippen LogP contribution < -0.4 is 5.46 Å². The highest BCUT2D eigenvalue weighted by Crippen LogP contribution is 2.45. The van der Waals surface area contributed by atoms with E-state index in [9.17, 15) is 10.0 Å². The number of halogens is 1. The van der Waals surface area contributed by atoms with Gasteiger partial charge in [-0.1, -0.05) is 240 Å². The summed E-state index contributed by atoms with van der Waals surface area (Å²) < 4.78 is 13.6. The Morgan fingerprint density at radius 1 is 0.269 bits per heavy atom. The van der Waals surface area contributed by atoms with Crippen molar-refractivity contribution >= 4 is 137 Å². The minimum atomic E-state index is -1.50. The maximum absolute atomic E-state index is 9.94. The predicted molar refractivity (Wildman–Crippen MR) is 333 cm³/mol. The number of hydrogen-bond acceptors (Lipinski definition) is 4. The van der Waals surface area contributed by atoms with Gasteiger partial charge >= 0.3 is 7.12 Å². The molecular formula is C72H46BBrO4. The molecule has 16 rings (SSSR count). The van der Waals surface area contributed by atoms with Crippen molar-refractivity contribution < 1.29 is 18.9 Å². The summed E-state index contributed by atoms with van der Waals surface area (Å²) in [6.45, 7) is 0. The van der Waals surface area contributed by atoms with E-state index in [1.54, 1.807) is 0 Å². The van der Waals surface area contributed by atoms with E-state index in [1.165, 1.54) is 70.7 Å². The zero-order valence-corrected chi connectivity index (χ0v) is 43.7. The van der Waals surface area contributed by atoms with Crippen molar-refractivity contribution in [3.8, 4) is 33.4 Å². The molecule has 0 aliphatic carbocycles. The van der Waals surface area contributed by atoms with Crippen molar-refractivity contribution in [2.24, 2.45) is 0 Å². The van der Waals surface area contributed by atoms with Crippen molar-refractivity contribution in [1.82, 2.24) is 0 Å². The number of rotatable bonds is 4. The molecule has 14 aromatic carbocycles. The third-order valence-corrected chi connectivity index (χ3v) is 15.8. The Balaban J connectivity index is 0.000000115. The molecule has 0 atom stereocenters. The van der Waals surface area contributed by atoms with E-state index < -0.39 is 7.12 Å². The molecule has 4 nitrogen and oxygen atoms in total. The van der Waals surface area contributed by atoms with Crippen LogP contribution in [0.15, 0.2) is 280 Å². The van der Waals surface area contributed by atoms with Gasteiger partial charge in [0.15, 0.2) is 0 Å². The van der Waals surface area contributed by atoms with Crippen LogP contribution in [0.1, 0.15) is 0 Å². The van der Waals surface area contributed by atoms with Crippen LogP contribution in [0, 0.1) is 0 Å². The highest BCUT2D eigenvalue weighted by molar-refractivity contribution is 9.10. The summed E-state index contributed by atoms with van der Waals surface area (Å²) in [4.78, 5) is 0. The first-order valence-corrected chi connectivity index (χ1v) is 26.9. The minimum absolute atomic E-state index is 0.566. The zero-order chi connectivity index (χ0) is 52.3. The summed E-state index contributed by atoms with van der Waals surface area (Å²) in [5.41, 5.74) is 11.5. The summed E-state index contributed by atoms with van der Waals surface area (Å²) in [5, 5.41) is 38.1. The van der Waals surface area contributed by atoms with Crippen molar-refractivity contribution in [2.45, 2.75) is 0 Å². The van der Waals surface area contributed by atoms with Crippen LogP contribution in [0.2, 0.25) is 0 Å². The lowest BCUT2D eigenvalue weighted by atomic mass is 9.72. The van der Waals surface area contributed by atoms with Crippen molar-refractivity contribution in [2.75, 3.05) is 0 Å². The molecule has 6 heteroatoms. The third kappa shape index (κ3) is 8.09. The molecule has 368 valence electrons. The third-order valence-electron chi connectivity index (χ3n) is 15.3. The van der Waals surface area contributed by atoms with Crippen LogP contribution in [-0.4, -0.2) is 17.2 Å². The van der Waals surface area contributed by atoms with Gasteiger partial charge in [-0.2, -0.15) is 0 Å². The molecule has 0 spiro atoms. The Hall–Kier alpha value is -9.30. The second-order valence-electron chi connectivity index (χ2n) is 19.7. The molecule has 0 radical (unpaired) electrons. The van der Waals surface area contributed by atoms with Gasteiger partial charge in [0.2, 0.25) is 0 Å². The second-order valence-corrected chi connectivity index (χ2v) is 20.6. The zero-order valence-electron chi connectivity index (χ0n) is 42.1. The fourth-order valence-corrected chi connectivity index (χ4v) is 12.2. The van der Waals surface area contributed by atoms with Crippen LogP contribution in [-0.2, 0) is 0 Å². The Labute approximate surface area is 457 Å². The molecular weight excluding hydrogens is 1020 g/mol. The van der Waals surface area contributed by atoms with E-state index in [2.05, 4.69) is 192 Å². The van der Waals surface area contributed by atoms with Gasteiger partial charge in [0, 0.05) is 36.8 Å². The molecule has 0 amide bonds. The van der Waals surface area contributed by atoms with E-state index in [0.717, 1.165) is 75.6 Å². The van der Waals surface area contributed by atoms with Crippen LogP contribution in [0.5, 0.6) is 0 Å². The van der Waals surface area contributed by atoms with E-state index in [0.29, 0.717) is 5.46 Å². The smallest absolute Gasteiger partial charge is 0.455 e. The summed E-state index contributed by atoms with van der Waals surface area (Å²) in [5.74, 6) is 0. The summed E-state index contributed by atoms with van der Waals surface area (Å²) in [7, 11) is -1.50. The predicted octanol–water partition coefficient (Wildman–Crippen LogP) is 19.2. The monoisotopic (exact) mass is 1060 g/mol. The lowest BCUT2D eigenvalue weighted by Crippen LogP contribution is -2.31. The first-order valence-electron chi connectivity index (χ1n) is 26.1. The fraction of sp³-hybridized carbons (Fsp3) is 0. The topological polar surface area (TPSA) is 66.7 Å². The van der Waals surface area contributed by atoms with Crippen molar-refractivity contribution in [1.29, 1.82) is 0 Å². The fourth-order valence-electron chi connectivity index (χ4n) is 11.8. The van der Waals surface area contributed by atoms with Gasteiger partial charge in [-0.25, -0.2) is 0 Å². The largest absolute Gasteiger partial charge is 0.489 e. The molecule has 2 heterocycles. The van der Waals surface area contributed by atoms with Gasteiger partial charge in [0.05, 0.1) is 0 Å². The van der Waals surface area contributed by atoms with Crippen molar-refractivity contribution in [3.05, 3.63) is 271 Å². The lowest BCUT2D eigenvalue weighted by Gasteiger charge is -2.17. The highest BCUT2D eigenvalue weighted by Gasteiger charge is 2.23. The lowest BCUT2D eigenvalue weighted by molar-refractivity contribution is 0.426. The molecule has 0 aliphatic rings. The van der Waals surface area contributed by atoms with E-state index in [-0.39, 0.29) is 0 Å². The molecule has 0 unspecified atom stereocenters. The molecule has 0 saturated carbocycles. The van der Waals surface area contributed by atoms with Gasteiger partial charge in [0.1, 0.15) is 22.3 Å². The summed E-state index contributed by atoms with van der Waals surface area (Å²) in [6, 6.07) is 92.5. The van der Waals surface area contributed by atoms with E-state index in [4.69, 9.17) is 8.83 Å². The van der Waals surface area contributed by atoms with Gasteiger partial charge in [-0.3, -0.25) is 0 Å². The van der Waals surface area contributed by atoms with E-state index in [1.807, 2.05) is 91.0 Å². The van der Waals surface area contributed by atoms with Gasteiger partial charge in [0.25, 0.3) is 0 Å². The SMILES string of the molecule is Brc1ccc2c(c1)oc1c3ccccc3ccc21.OB(O)c1c2ccccc2c(-c2ccccc2)c2ccccc12.c1ccc(-c2c3ccccc3c(-c3ccc4c(c3)oc3c5ccccc5ccc43)c3ccccc23)cc1. The quantitative estimate of drug-likeness (QED) is 0.136. The van der Waals surface area contributed by atoms with E-state index >= 15 is 0 Å². The van der Waals surface area contributed by atoms with Gasteiger partial charge in [-0.05, 0) is 135 Å². The Bertz CT molecular complexity index is 4850. The van der Waals surface area contributed by atoms with Gasteiger partial charge < -0.3 is 18.9 Å². The normalized spacial score (nSPS) is 11.5. The molecule has 2 aromatic heterocycles. The van der Waals surface area contributed by atoms with Crippen LogP contribution in [0.3, 0.4) is 0 Å². The number of furan rings is 2. The van der Waals surface area contributed by atoms with Gasteiger partial charge in [-0.15, -0.1) is 0 Å². The Kier molecular flexibility index (Phi) is 11.9. The Morgan fingerprint density at radius 2 is 0.603 bits per heavy atom. The summed E-state index contributed by atoms with van der Waals surface area (Å²) >= 11 is 3.48. The Morgan fingerprint density at radius 3 is 1.04 bits per heavy atom. The molecule has 0 bridgehead atoms. The molecule has 78 heavy (non-hydrogen) atoms. The van der Waals surface area contributed by atoms with Crippen LogP contribution in [0.25, 0.3) is 142 Å². The number of fused-ring (bicyclic) bond motifs is 14. The molecule has 2 N–H and O–H groups in total. The maximum Gasteiger partial charge on any atom is 0.489 e. The standard InChI is InChI=1S/C36H22O.C20H15BO2.C16H9BrO/c1-2-11-24(12-3-1)34-28-14-6-8-16-30(28)35(31-17-9-7-15-29(31)34)25-19-20-27-32-21-18-23-10-4-5-13-26(23)36(32)37-33(27)22-25;22-21(23)20-17-12-6-4-10-15(17)19(14-8-2-1-3-9-14)16-11-5-7-13-18(16)20;17-11-6-8-13-14-7-5-10-3-1-2-4-12(10)16(14)18-15(13)9-11/h1-22H;1-13,22-23H;1-9H. The average Bonchev–Trinajstić information content (AvgIpc) is 4.21. The van der Waals surface area contributed by atoms with Crippen LogP contribution >= 0.6 is 15.9 Å². The maximum atomic E-state index is 9.94. The molecule has 0 fully saturated rings. The molecule has 16 aromatic rings. The second kappa shape index (κ2) is 19.7. The van der Waals surface area contributed by atoms with Crippen molar-refractivity contribution in [3.63, 3.8) is 0 Å². The summed E-state index contributed by atoms with van der Waals surface area (Å²) in [6.07, 6.45) is 0. The van der Waals surface area contributed by atoms with Crippen LogP contribution in [0.4, 0.5) is 0 Å². The number of benzene rings is 14. The number of hydrogen-bond donors (Lipinski definition) is 2.